The van der Waals surface area contributed by atoms with E-state index < -0.39 is 0 Å². The Hall–Kier alpha value is -0.680. The second-order valence-corrected chi connectivity index (χ2v) is 4.69. The summed E-state index contributed by atoms with van der Waals surface area (Å²) >= 11 is 5.93. The van der Waals surface area contributed by atoms with Crippen LogP contribution in [0.25, 0.3) is 0 Å². The molecule has 3 nitrogen and oxygen atoms in total. The molecule has 94 valence electrons. The quantitative estimate of drug-likeness (QED) is 0.641. The van der Waals surface area contributed by atoms with Crippen LogP contribution in [0, 0.1) is 11.7 Å². The van der Waals surface area contributed by atoms with E-state index in [9.17, 15) is 4.39 Å². The van der Waals surface area contributed by atoms with E-state index in [0.29, 0.717) is 18.9 Å². The Morgan fingerprint density at radius 2 is 2.41 bits per heavy atom. The Morgan fingerprint density at radius 3 is 3.06 bits per heavy atom. The van der Waals surface area contributed by atoms with Crippen molar-refractivity contribution in [1.82, 2.24) is 5.43 Å². The number of benzene rings is 1. The van der Waals surface area contributed by atoms with Crippen molar-refractivity contribution in [3.63, 3.8) is 0 Å². The molecule has 1 fully saturated rings. The van der Waals surface area contributed by atoms with Gasteiger partial charge < -0.3 is 4.74 Å². The van der Waals surface area contributed by atoms with Gasteiger partial charge in [-0.25, -0.2) is 4.39 Å². The van der Waals surface area contributed by atoms with Gasteiger partial charge in [-0.15, -0.1) is 0 Å². The van der Waals surface area contributed by atoms with Crippen LogP contribution in [-0.4, -0.2) is 19.3 Å². The Balaban J connectivity index is 2.09. The third kappa shape index (κ3) is 2.96. The number of hydrazine groups is 1. The first-order valence-corrected chi connectivity index (χ1v) is 6.07. The normalized spacial score (nSPS) is 21.7. The average molecular weight is 259 g/mol. The van der Waals surface area contributed by atoms with Gasteiger partial charge in [-0.3, -0.25) is 11.3 Å². The summed E-state index contributed by atoms with van der Waals surface area (Å²) < 4.78 is 18.6. The number of hydrogen-bond donors (Lipinski definition) is 2. The SMILES string of the molecule is NNC(Cc1cccc(F)c1Cl)C1CCOC1. The van der Waals surface area contributed by atoms with Crippen LogP contribution < -0.4 is 11.3 Å². The van der Waals surface area contributed by atoms with Crippen LogP contribution in [0.4, 0.5) is 4.39 Å². The number of halogens is 2. The molecule has 0 bridgehead atoms. The Bertz CT molecular complexity index is 383. The number of ether oxygens (including phenoxy) is 1. The summed E-state index contributed by atoms with van der Waals surface area (Å²) in [5.74, 6) is 5.52. The molecule has 1 aliphatic heterocycles. The lowest BCUT2D eigenvalue weighted by molar-refractivity contribution is 0.176. The van der Waals surface area contributed by atoms with Crippen LogP contribution in [0.3, 0.4) is 0 Å². The first-order chi connectivity index (χ1) is 8.22. The predicted octanol–water partition coefficient (Wildman–Crippen LogP) is 1.89. The molecule has 1 aromatic carbocycles. The smallest absolute Gasteiger partial charge is 0.142 e. The molecule has 17 heavy (non-hydrogen) atoms. The number of nitrogens with one attached hydrogen (secondary N) is 1. The lowest BCUT2D eigenvalue weighted by atomic mass is 9.93. The summed E-state index contributed by atoms with van der Waals surface area (Å²) in [5.41, 5.74) is 3.56. The molecule has 0 radical (unpaired) electrons. The van der Waals surface area contributed by atoms with Crippen molar-refractivity contribution in [1.29, 1.82) is 0 Å². The van der Waals surface area contributed by atoms with Gasteiger partial charge in [-0.05, 0) is 24.5 Å². The first-order valence-electron chi connectivity index (χ1n) is 5.69. The van der Waals surface area contributed by atoms with Crippen LogP contribution >= 0.6 is 11.6 Å². The zero-order chi connectivity index (χ0) is 12.3. The highest BCUT2D eigenvalue weighted by molar-refractivity contribution is 6.31. The molecule has 2 unspecified atom stereocenters. The monoisotopic (exact) mass is 258 g/mol. The summed E-state index contributed by atoms with van der Waals surface area (Å²) in [7, 11) is 0. The zero-order valence-corrected chi connectivity index (χ0v) is 10.2. The highest BCUT2D eigenvalue weighted by Crippen LogP contribution is 2.24. The van der Waals surface area contributed by atoms with E-state index >= 15 is 0 Å². The van der Waals surface area contributed by atoms with Gasteiger partial charge >= 0.3 is 0 Å². The van der Waals surface area contributed by atoms with E-state index in [1.807, 2.05) is 6.07 Å². The van der Waals surface area contributed by atoms with Gasteiger partial charge in [0.1, 0.15) is 5.82 Å². The van der Waals surface area contributed by atoms with Crippen molar-refractivity contribution in [2.45, 2.75) is 18.9 Å². The van der Waals surface area contributed by atoms with Crippen LogP contribution in [0.15, 0.2) is 18.2 Å². The third-order valence-electron chi connectivity index (χ3n) is 3.22. The highest BCUT2D eigenvalue weighted by Gasteiger charge is 2.25. The molecule has 2 rings (SSSR count). The van der Waals surface area contributed by atoms with Crippen LogP contribution in [0.2, 0.25) is 5.02 Å². The predicted molar refractivity (Wildman–Crippen MR) is 65.2 cm³/mol. The van der Waals surface area contributed by atoms with Gasteiger partial charge in [-0.1, -0.05) is 23.7 Å². The van der Waals surface area contributed by atoms with Crippen molar-refractivity contribution >= 4 is 11.6 Å². The van der Waals surface area contributed by atoms with E-state index in [0.717, 1.165) is 18.6 Å². The molecule has 3 N–H and O–H groups in total. The summed E-state index contributed by atoms with van der Waals surface area (Å²) in [5, 5.41) is 0.187. The van der Waals surface area contributed by atoms with Crippen molar-refractivity contribution in [2.75, 3.05) is 13.2 Å². The second kappa shape index (κ2) is 5.78. The summed E-state index contributed by atoms with van der Waals surface area (Å²) in [6.45, 7) is 1.46. The first kappa shape index (κ1) is 12.8. The molecular weight excluding hydrogens is 243 g/mol. The molecule has 0 aliphatic carbocycles. The summed E-state index contributed by atoms with van der Waals surface area (Å²) in [4.78, 5) is 0. The van der Waals surface area contributed by atoms with Crippen molar-refractivity contribution in [3.8, 4) is 0 Å². The maximum atomic E-state index is 13.3. The van der Waals surface area contributed by atoms with Gasteiger partial charge in [0.25, 0.3) is 0 Å². The molecule has 1 heterocycles. The number of rotatable bonds is 4. The third-order valence-corrected chi connectivity index (χ3v) is 3.64. The lowest BCUT2D eigenvalue weighted by Gasteiger charge is -2.22. The maximum Gasteiger partial charge on any atom is 0.142 e. The maximum absolute atomic E-state index is 13.3. The summed E-state index contributed by atoms with van der Waals surface area (Å²) in [6, 6.07) is 4.91. The topological polar surface area (TPSA) is 47.3 Å². The molecule has 1 aliphatic rings. The minimum Gasteiger partial charge on any atom is -0.381 e. The second-order valence-electron chi connectivity index (χ2n) is 4.31. The van der Waals surface area contributed by atoms with Gasteiger partial charge in [0.05, 0.1) is 11.6 Å². The van der Waals surface area contributed by atoms with E-state index in [4.69, 9.17) is 22.2 Å². The van der Waals surface area contributed by atoms with Gasteiger partial charge in [0, 0.05) is 18.6 Å². The fourth-order valence-corrected chi connectivity index (χ4v) is 2.38. The number of hydrogen-bond acceptors (Lipinski definition) is 3. The van der Waals surface area contributed by atoms with Crippen molar-refractivity contribution in [2.24, 2.45) is 11.8 Å². The zero-order valence-electron chi connectivity index (χ0n) is 9.46. The fraction of sp³-hybridized carbons (Fsp3) is 0.500. The molecule has 2 atom stereocenters. The average Bonchev–Trinajstić information content (AvgIpc) is 2.85. The fourth-order valence-electron chi connectivity index (χ4n) is 2.17. The van der Waals surface area contributed by atoms with Crippen molar-refractivity contribution in [3.05, 3.63) is 34.6 Å². The van der Waals surface area contributed by atoms with Crippen LogP contribution in [0.1, 0.15) is 12.0 Å². The number of nitrogens with two attached hydrogens (primary N) is 1. The summed E-state index contributed by atoms with van der Waals surface area (Å²) in [6.07, 6.45) is 1.59. The molecule has 0 spiro atoms. The van der Waals surface area contributed by atoms with Gasteiger partial charge in [-0.2, -0.15) is 0 Å². The van der Waals surface area contributed by atoms with E-state index in [2.05, 4.69) is 5.43 Å². The van der Waals surface area contributed by atoms with Gasteiger partial charge in [0.2, 0.25) is 0 Å². The Kier molecular flexibility index (Phi) is 4.34. The van der Waals surface area contributed by atoms with Gasteiger partial charge in [0.15, 0.2) is 0 Å². The molecule has 5 heteroatoms. The minimum atomic E-state index is -0.386. The molecular formula is C12H16ClFN2O. The lowest BCUT2D eigenvalue weighted by Crippen LogP contribution is -2.42. The standard InChI is InChI=1S/C12H16ClFN2O/c13-12-8(2-1-3-10(12)14)6-11(16-15)9-4-5-17-7-9/h1-3,9,11,16H,4-7,15H2. The van der Waals surface area contributed by atoms with E-state index in [1.54, 1.807) is 6.07 Å². The largest absolute Gasteiger partial charge is 0.381 e. The Labute approximate surface area is 105 Å². The molecule has 0 saturated carbocycles. The molecule has 0 aromatic heterocycles. The van der Waals surface area contributed by atoms with E-state index in [1.165, 1.54) is 6.07 Å². The molecule has 1 saturated heterocycles. The van der Waals surface area contributed by atoms with Crippen LogP contribution in [-0.2, 0) is 11.2 Å². The Morgan fingerprint density at radius 1 is 1.59 bits per heavy atom. The van der Waals surface area contributed by atoms with E-state index in [-0.39, 0.29) is 16.9 Å². The van der Waals surface area contributed by atoms with Crippen molar-refractivity contribution < 1.29 is 9.13 Å². The minimum absolute atomic E-state index is 0.0665. The molecule has 1 aromatic rings. The highest BCUT2D eigenvalue weighted by atomic mass is 35.5. The van der Waals surface area contributed by atoms with Crippen LogP contribution in [0.5, 0.6) is 0 Å². The molecule has 0 amide bonds.